The van der Waals surface area contributed by atoms with Gasteiger partial charge < -0.3 is 20.1 Å². The lowest BCUT2D eigenvalue weighted by atomic mass is 10.3. The minimum atomic E-state index is 0. The van der Waals surface area contributed by atoms with E-state index in [0.717, 1.165) is 55.9 Å². The van der Waals surface area contributed by atoms with Crippen LogP contribution in [0.1, 0.15) is 25.6 Å². The van der Waals surface area contributed by atoms with Crippen molar-refractivity contribution in [2.24, 2.45) is 4.99 Å². The van der Waals surface area contributed by atoms with Crippen LogP contribution in [-0.4, -0.2) is 59.0 Å². The number of guanidine groups is 1. The molecular weight excluding hydrogens is 455 g/mol. The predicted octanol–water partition coefficient (Wildman–Crippen LogP) is 2.14. The van der Waals surface area contributed by atoms with Gasteiger partial charge in [0.05, 0.1) is 11.0 Å². The number of nitrogens with zero attached hydrogens (tertiary/aromatic N) is 4. The van der Waals surface area contributed by atoms with Crippen LogP contribution >= 0.6 is 24.0 Å². The molecule has 2 heterocycles. The first kappa shape index (κ1) is 21.5. The predicted molar refractivity (Wildman–Crippen MR) is 120 cm³/mol. The zero-order valence-electron chi connectivity index (χ0n) is 16.1. The third-order valence-corrected chi connectivity index (χ3v) is 4.65. The number of para-hydroxylation sites is 2. The SMILES string of the molecule is CCNC(=NCC(=O)N1CCCC1)NCCn1c(C)nc2ccccc21.I. The number of aliphatic imine (C=N–C) groups is 1. The van der Waals surface area contributed by atoms with Crippen molar-refractivity contribution in [1.29, 1.82) is 0 Å². The highest BCUT2D eigenvalue weighted by atomic mass is 127. The van der Waals surface area contributed by atoms with Crippen LogP contribution in [0, 0.1) is 6.92 Å². The van der Waals surface area contributed by atoms with E-state index in [-0.39, 0.29) is 36.4 Å². The molecule has 0 atom stereocenters. The molecule has 1 aromatic heterocycles. The largest absolute Gasteiger partial charge is 0.357 e. The molecule has 1 aliphatic rings. The number of nitrogens with one attached hydrogen (secondary N) is 2. The number of imidazole rings is 1. The smallest absolute Gasteiger partial charge is 0.244 e. The summed E-state index contributed by atoms with van der Waals surface area (Å²) in [6, 6.07) is 8.15. The number of fused-ring (bicyclic) bond motifs is 1. The zero-order chi connectivity index (χ0) is 18.4. The number of hydrogen-bond acceptors (Lipinski definition) is 3. The number of halogens is 1. The number of carbonyl (C=O) groups is 1. The Balaban J connectivity index is 0.00000261. The highest BCUT2D eigenvalue weighted by molar-refractivity contribution is 14.0. The van der Waals surface area contributed by atoms with Gasteiger partial charge in [-0.15, -0.1) is 24.0 Å². The maximum Gasteiger partial charge on any atom is 0.244 e. The highest BCUT2D eigenvalue weighted by Gasteiger charge is 2.17. The van der Waals surface area contributed by atoms with Crippen LogP contribution in [0.15, 0.2) is 29.3 Å². The van der Waals surface area contributed by atoms with Crippen LogP contribution in [0.25, 0.3) is 11.0 Å². The third kappa shape index (κ3) is 5.57. The summed E-state index contributed by atoms with van der Waals surface area (Å²) < 4.78 is 2.20. The van der Waals surface area contributed by atoms with E-state index in [1.165, 1.54) is 0 Å². The van der Waals surface area contributed by atoms with Crippen LogP contribution in [0.2, 0.25) is 0 Å². The van der Waals surface area contributed by atoms with Crippen molar-refractivity contribution in [1.82, 2.24) is 25.1 Å². The van der Waals surface area contributed by atoms with Crippen molar-refractivity contribution in [2.75, 3.05) is 32.7 Å². The van der Waals surface area contributed by atoms with Gasteiger partial charge in [0.25, 0.3) is 0 Å². The van der Waals surface area contributed by atoms with Gasteiger partial charge >= 0.3 is 0 Å². The summed E-state index contributed by atoms with van der Waals surface area (Å²) in [5.74, 6) is 1.79. The number of rotatable bonds is 6. The van der Waals surface area contributed by atoms with Gasteiger partial charge in [0.15, 0.2) is 5.96 Å². The molecule has 0 saturated carbocycles. The molecule has 3 rings (SSSR count). The molecule has 1 aromatic carbocycles. The molecule has 8 heteroatoms. The molecule has 0 aliphatic carbocycles. The highest BCUT2D eigenvalue weighted by Crippen LogP contribution is 2.14. The number of likely N-dealkylation sites (tertiary alicyclic amines) is 1. The molecule has 0 spiro atoms. The Hall–Kier alpha value is -1.84. The molecular formula is C19H29IN6O. The molecule has 2 N–H and O–H groups in total. The lowest BCUT2D eigenvalue weighted by molar-refractivity contribution is -0.128. The number of hydrogen-bond donors (Lipinski definition) is 2. The summed E-state index contributed by atoms with van der Waals surface area (Å²) in [4.78, 5) is 23.1. The van der Waals surface area contributed by atoms with Crippen molar-refractivity contribution in [2.45, 2.75) is 33.2 Å². The number of amides is 1. The first-order valence-electron chi connectivity index (χ1n) is 9.41. The molecule has 148 valence electrons. The average Bonchev–Trinajstić information content (AvgIpc) is 3.28. The Morgan fingerprint density at radius 2 is 1.96 bits per heavy atom. The van der Waals surface area contributed by atoms with E-state index in [1.807, 2.05) is 36.9 Å². The van der Waals surface area contributed by atoms with Gasteiger partial charge in [0, 0.05) is 32.7 Å². The number of aryl methyl sites for hydroxylation is 1. The lowest BCUT2D eigenvalue weighted by Crippen LogP contribution is -2.40. The molecule has 27 heavy (non-hydrogen) atoms. The maximum absolute atomic E-state index is 12.2. The minimum Gasteiger partial charge on any atom is -0.357 e. The van der Waals surface area contributed by atoms with E-state index < -0.39 is 0 Å². The number of aromatic nitrogens is 2. The molecule has 0 unspecified atom stereocenters. The summed E-state index contributed by atoms with van der Waals surface area (Å²) in [5, 5.41) is 6.52. The van der Waals surface area contributed by atoms with Gasteiger partial charge in [0.2, 0.25) is 5.91 Å². The normalized spacial score (nSPS) is 14.3. The van der Waals surface area contributed by atoms with Crippen molar-refractivity contribution in [3.05, 3.63) is 30.1 Å². The quantitative estimate of drug-likeness (QED) is 0.375. The van der Waals surface area contributed by atoms with Crippen molar-refractivity contribution in [3.8, 4) is 0 Å². The number of benzene rings is 1. The fraction of sp³-hybridized carbons (Fsp3) is 0.526. The Morgan fingerprint density at radius 1 is 1.22 bits per heavy atom. The standard InChI is InChI=1S/C19H28N6O.HI/c1-3-20-19(22-14-18(26)24-11-6-7-12-24)21-10-13-25-15(2)23-16-8-4-5-9-17(16)25;/h4-5,8-9H,3,6-7,10-14H2,1-2H3,(H2,20,21,22);1H. The zero-order valence-corrected chi connectivity index (χ0v) is 18.4. The summed E-state index contributed by atoms with van der Waals surface area (Å²) in [7, 11) is 0. The van der Waals surface area contributed by atoms with Gasteiger partial charge in [-0.1, -0.05) is 12.1 Å². The number of carbonyl (C=O) groups excluding carboxylic acids is 1. The Kier molecular flexibility index (Phi) is 8.33. The van der Waals surface area contributed by atoms with E-state index in [4.69, 9.17) is 0 Å². The molecule has 1 aliphatic heterocycles. The van der Waals surface area contributed by atoms with E-state index in [9.17, 15) is 4.79 Å². The monoisotopic (exact) mass is 484 g/mol. The van der Waals surface area contributed by atoms with E-state index in [1.54, 1.807) is 0 Å². The van der Waals surface area contributed by atoms with Crippen LogP contribution in [0.3, 0.4) is 0 Å². The molecule has 2 aromatic rings. The summed E-state index contributed by atoms with van der Waals surface area (Å²) in [6.45, 7) is 8.23. The van der Waals surface area contributed by atoms with Crippen molar-refractivity contribution in [3.63, 3.8) is 0 Å². The molecule has 1 amide bonds. The second-order valence-corrected chi connectivity index (χ2v) is 6.51. The van der Waals surface area contributed by atoms with Crippen molar-refractivity contribution < 1.29 is 4.79 Å². The molecule has 7 nitrogen and oxygen atoms in total. The minimum absolute atomic E-state index is 0. The average molecular weight is 484 g/mol. The van der Waals surface area contributed by atoms with Gasteiger partial charge in [-0.25, -0.2) is 9.98 Å². The van der Waals surface area contributed by atoms with Gasteiger partial charge in [-0.2, -0.15) is 0 Å². The Bertz CT molecular complexity index is 782. The fourth-order valence-corrected chi connectivity index (χ4v) is 3.32. The molecule has 0 bridgehead atoms. The first-order valence-corrected chi connectivity index (χ1v) is 9.41. The van der Waals surface area contributed by atoms with Crippen LogP contribution < -0.4 is 10.6 Å². The van der Waals surface area contributed by atoms with E-state index in [2.05, 4.69) is 31.2 Å². The Labute approximate surface area is 177 Å². The van der Waals surface area contributed by atoms with Crippen molar-refractivity contribution >= 4 is 46.9 Å². The van der Waals surface area contributed by atoms with Gasteiger partial charge in [-0.3, -0.25) is 4.79 Å². The third-order valence-electron chi connectivity index (χ3n) is 4.65. The molecule has 1 saturated heterocycles. The summed E-state index contributed by atoms with van der Waals surface area (Å²) in [5.41, 5.74) is 2.15. The van der Waals surface area contributed by atoms with E-state index in [0.29, 0.717) is 12.5 Å². The first-order chi connectivity index (χ1) is 12.7. The topological polar surface area (TPSA) is 74.6 Å². The Morgan fingerprint density at radius 3 is 2.70 bits per heavy atom. The fourth-order valence-electron chi connectivity index (χ4n) is 3.32. The maximum atomic E-state index is 12.2. The van der Waals surface area contributed by atoms with Crippen LogP contribution in [0.4, 0.5) is 0 Å². The van der Waals surface area contributed by atoms with Crippen LogP contribution in [-0.2, 0) is 11.3 Å². The summed E-state index contributed by atoms with van der Waals surface area (Å²) >= 11 is 0. The van der Waals surface area contributed by atoms with Gasteiger partial charge in [-0.05, 0) is 38.8 Å². The van der Waals surface area contributed by atoms with E-state index >= 15 is 0 Å². The summed E-state index contributed by atoms with van der Waals surface area (Å²) in [6.07, 6.45) is 2.21. The molecule has 0 radical (unpaired) electrons. The lowest BCUT2D eigenvalue weighted by Gasteiger charge is -2.15. The van der Waals surface area contributed by atoms with Crippen LogP contribution in [0.5, 0.6) is 0 Å². The second kappa shape index (κ2) is 10.5. The van der Waals surface area contributed by atoms with Gasteiger partial charge in [0.1, 0.15) is 12.4 Å². The second-order valence-electron chi connectivity index (χ2n) is 6.51. The molecule has 1 fully saturated rings.